The molecule has 1 aliphatic carbocycles. The van der Waals surface area contributed by atoms with Crippen molar-refractivity contribution in [3.63, 3.8) is 0 Å². The fraction of sp³-hybridized carbons (Fsp3) is 0.417. The Bertz CT molecular complexity index is 1710. The molecule has 5 rings (SSSR count). The molecule has 4 aromatic rings. The van der Waals surface area contributed by atoms with E-state index >= 15 is 0 Å². The highest BCUT2D eigenvalue weighted by atomic mass is 32.1. The predicted molar refractivity (Wildman–Crippen MR) is 187 cm³/mol. The molecule has 8 nitrogen and oxygen atoms in total. The van der Waals surface area contributed by atoms with Crippen molar-refractivity contribution in [2.75, 3.05) is 19.0 Å². The van der Waals surface area contributed by atoms with E-state index in [0.29, 0.717) is 19.1 Å². The number of carbonyl (C=O) groups is 2. The number of carboxylic acid groups (broad SMARTS) is 1. The number of halogens is 4. The number of aliphatic carboxylic acids is 1. The van der Waals surface area contributed by atoms with Crippen molar-refractivity contribution in [3.8, 4) is 11.1 Å². The molecule has 1 heterocycles. The Hall–Kier alpha value is -3.94. The Kier molecular flexibility index (Phi) is 14.2. The third-order valence-electron chi connectivity index (χ3n) is 8.53. The summed E-state index contributed by atoms with van der Waals surface area (Å²) < 4.78 is 64.1. The Morgan fingerprint density at radius 2 is 1.67 bits per heavy atom. The molecule has 1 saturated carbocycles. The summed E-state index contributed by atoms with van der Waals surface area (Å²) in [5.74, 6) is -2.05. The van der Waals surface area contributed by atoms with Crippen molar-refractivity contribution in [3.05, 3.63) is 83.4 Å². The number of amides is 1. The summed E-state index contributed by atoms with van der Waals surface area (Å²) in [5.41, 5.74) is 3.83. The van der Waals surface area contributed by atoms with E-state index in [0.717, 1.165) is 65.4 Å². The van der Waals surface area contributed by atoms with E-state index in [1.54, 1.807) is 7.05 Å². The van der Waals surface area contributed by atoms with E-state index in [9.17, 15) is 22.4 Å². The number of aromatic nitrogens is 2. The van der Waals surface area contributed by atoms with Gasteiger partial charge in [0.1, 0.15) is 11.6 Å². The van der Waals surface area contributed by atoms with Gasteiger partial charge in [-0.05, 0) is 92.1 Å². The quantitative estimate of drug-likeness (QED) is 0.114. The second kappa shape index (κ2) is 17.6. The van der Waals surface area contributed by atoms with Crippen molar-refractivity contribution in [2.24, 2.45) is 18.9 Å². The Morgan fingerprint density at radius 3 is 2.24 bits per heavy atom. The number of nitrogens with zero attached hydrogens (tertiary/aromatic N) is 2. The standard InChI is InChI=1S/C33H35F4N3O2.C2H4O2.CH5NS/c1-5-14-42-25-17-26(19(2)27(18-25)32(41)39-29-12-11-24(16-28(29)34)33(35,36)37)22-8-6-21(7-9-22)23-10-13-31-30(15-23)38-20(3)40(31)4;1-2(3)4;1-2-3/h6-13,15-16,19,25-27H,5,14,17-18H2,1-4H3,(H,39,41);1H3,(H,3,4);2-3H,1H3/t19-,25?,26?,27?;;/m1../s1. The summed E-state index contributed by atoms with van der Waals surface area (Å²) in [6.45, 7) is 7.63. The number of nitrogens with one attached hydrogen (secondary N) is 2. The van der Waals surface area contributed by atoms with Crippen molar-refractivity contribution >= 4 is 41.4 Å². The minimum absolute atomic E-state index is 0.00350. The van der Waals surface area contributed by atoms with E-state index in [4.69, 9.17) is 14.6 Å². The van der Waals surface area contributed by atoms with Crippen LogP contribution in [0.1, 0.15) is 62.9 Å². The molecule has 1 aliphatic rings. The molecule has 1 amide bonds. The molecule has 3 aromatic carbocycles. The Morgan fingerprint density at radius 1 is 1.06 bits per heavy atom. The number of benzene rings is 3. The van der Waals surface area contributed by atoms with Gasteiger partial charge in [-0.1, -0.05) is 57.0 Å². The van der Waals surface area contributed by atoms with Gasteiger partial charge in [-0.25, -0.2) is 9.37 Å². The average molecular weight is 705 g/mol. The van der Waals surface area contributed by atoms with Crippen molar-refractivity contribution in [1.29, 1.82) is 0 Å². The van der Waals surface area contributed by atoms with E-state index in [2.05, 4.69) is 74.9 Å². The number of anilines is 1. The van der Waals surface area contributed by atoms with Crippen LogP contribution in [0.3, 0.4) is 0 Å². The molecule has 0 spiro atoms. The molecular formula is C36H44F4N4O4S. The predicted octanol–water partition coefficient (Wildman–Crippen LogP) is 8.41. The molecule has 0 radical (unpaired) electrons. The summed E-state index contributed by atoms with van der Waals surface area (Å²) in [5, 5.41) is 9.96. The molecule has 4 atom stereocenters. The molecule has 266 valence electrons. The monoisotopic (exact) mass is 704 g/mol. The summed E-state index contributed by atoms with van der Waals surface area (Å²) in [6, 6.07) is 16.7. The fourth-order valence-electron chi connectivity index (χ4n) is 6.02. The molecule has 3 unspecified atom stereocenters. The van der Waals surface area contributed by atoms with Gasteiger partial charge in [0.05, 0.1) is 28.4 Å². The summed E-state index contributed by atoms with van der Waals surface area (Å²) >= 11 is 3.54. The largest absolute Gasteiger partial charge is 0.481 e. The third kappa shape index (κ3) is 10.5. The number of alkyl halides is 3. The molecule has 49 heavy (non-hydrogen) atoms. The molecule has 3 N–H and O–H groups in total. The molecule has 0 aliphatic heterocycles. The van der Waals surface area contributed by atoms with E-state index in [-0.39, 0.29) is 23.6 Å². The number of carbonyl (C=O) groups excluding carboxylic acids is 1. The minimum atomic E-state index is -4.67. The van der Waals surface area contributed by atoms with Crippen LogP contribution in [0.2, 0.25) is 0 Å². The van der Waals surface area contributed by atoms with Crippen LogP contribution in [0.15, 0.2) is 60.7 Å². The molecule has 0 saturated heterocycles. The summed E-state index contributed by atoms with van der Waals surface area (Å²) in [6.07, 6.45) is -2.82. The number of imidazole rings is 1. The second-order valence-corrected chi connectivity index (χ2v) is 12.5. The van der Waals surface area contributed by atoms with Crippen LogP contribution in [0.25, 0.3) is 22.2 Å². The average Bonchev–Trinajstić information content (AvgIpc) is 3.33. The smallest absolute Gasteiger partial charge is 0.416 e. The molecule has 0 bridgehead atoms. The van der Waals surface area contributed by atoms with Gasteiger partial charge < -0.3 is 19.7 Å². The maximum atomic E-state index is 14.5. The summed E-state index contributed by atoms with van der Waals surface area (Å²) in [7, 11) is 3.73. The zero-order valence-electron chi connectivity index (χ0n) is 28.4. The zero-order valence-corrected chi connectivity index (χ0v) is 29.3. The van der Waals surface area contributed by atoms with Crippen LogP contribution in [0.4, 0.5) is 23.2 Å². The van der Waals surface area contributed by atoms with Gasteiger partial charge in [-0.15, -0.1) is 0 Å². The van der Waals surface area contributed by atoms with Crippen LogP contribution >= 0.6 is 12.8 Å². The lowest BCUT2D eigenvalue weighted by Gasteiger charge is -2.40. The van der Waals surface area contributed by atoms with Crippen LogP contribution < -0.4 is 10.0 Å². The first-order chi connectivity index (χ1) is 23.1. The zero-order chi connectivity index (χ0) is 36.5. The van der Waals surface area contributed by atoms with Crippen molar-refractivity contribution in [1.82, 2.24) is 14.3 Å². The lowest BCUT2D eigenvalue weighted by molar-refractivity contribution is -0.138. The maximum Gasteiger partial charge on any atom is 0.416 e. The first-order valence-electron chi connectivity index (χ1n) is 15.9. The summed E-state index contributed by atoms with van der Waals surface area (Å²) in [4.78, 5) is 27.1. The number of ether oxygens (including phenoxy) is 1. The van der Waals surface area contributed by atoms with Gasteiger partial charge in [0, 0.05) is 26.5 Å². The number of hydrogen-bond donors (Lipinski definition) is 4. The highest BCUT2D eigenvalue weighted by molar-refractivity contribution is 7.78. The lowest BCUT2D eigenvalue weighted by atomic mass is 9.68. The number of aryl methyl sites for hydroxylation is 2. The first kappa shape index (κ1) is 39.5. The van der Waals surface area contributed by atoms with E-state index < -0.39 is 35.4 Å². The lowest BCUT2D eigenvalue weighted by Crippen LogP contribution is -2.40. The normalized spacial score (nSPS) is 18.9. The van der Waals surface area contributed by atoms with Gasteiger partial charge >= 0.3 is 6.18 Å². The van der Waals surface area contributed by atoms with Crippen LogP contribution in [-0.2, 0) is 27.5 Å². The van der Waals surface area contributed by atoms with Gasteiger partial charge in [-0.3, -0.25) is 14.3 Å². The highest BCUT2D eigenvalue weighted by Crippen LogP contribution is 2.43. The molecule has 1 aromatic heterocycles. The Balaban J connectivity index is 0.000000852. The molecule has 1 fully saturated rings. The van der Waals surface area contributed by atoms with Gasteiger partial charge in [0.15, 0.2) is 0 Å². The highest BCUT2D eigenvalue weighted by Gasteiger charge is 2.40. The van der Waals surface area contributed by atoms with Crippen LogP contribution in [-0.4, -0.2) is 46.3 Å². The van der Waals surface area contributed by atoms with Gasteiger partial charge in [-0.2, -0.15) is 13.2 Å². The Labute approximate surface area is 289 Å². The van der Waals surface area contributed by atoms with Crippen LogP contribution in [0, 0.1) is 24.6 Å². The van der Waals surface area contributed by atoms with E-state index in [1.807, 2.05) is 27.8 Å². The maximum absolute atomic E-state index is 14.5. The van der Waals surface area contributed by atoms with Crippen LogP contribution in [0.5, 0.6) is 0 Å². The molecule has 13 heteroatoms. The number of fused-ring (bicyclic) bond motifs is 1. The topological polar surface area (TPSA) is 105 Å². The number of thiol groups is 1. The first-order valence-corrected chi connectivity index (χ1v) is 16.4. The third-order valence-corrected chi connectivity index (χ3v) is 8.53. The minimum Gasteiger partial charge on any atom is -0.481 e. The van der Waals surface area contributed by atoms with Gasteiger partial charge in [0.2, 0.25) is 5.91 Å². The van der Waals surface area contributed by atoms with Gasteiger partial charge in [0.25, 0.3) is 5.97 Å². The fourth-order valence-corrected chi connectivity index (χ4v) is 6.02. The number of hydrogen-bond acceptors (Lipinski definition) is 6. The molecular weight excluding hydrogens is 660 g/mol. The SMILES string of the molecule is CC(=O)O.CCCOC1CC(C(=O)Nc2ccc(C(F)(F)F)cc2F)[C@H](C)C(c2ccc(-c3ccc4c(c3)nc(C)n4C)cc2)C1.CNS. The van der Waals surface area contributed by atoms with Crippen molar-refractivity contribution in [2.45, 2.75) is 65.2 Å². The van der Waals surface area contributed by atoms with E-state index in [1.165, 1.54) is 0 Å². The van der Waals surface area contributed by atoms with Crippen molar-refractivity contribution < 1.29 is 37.0 Å². The number of carboxylic acids is 1. The second-order valence-electron chi connectivity index (χ2n) is 12.0. The number of rotatable bonds is 7.